The number of hydrogen-bond acceptors (Lipinski definition) is 5. The van der Waals surface area contributed by atoms with Gasteiger partial charge in [-0.2, -0.15) is 0 Å². The molecule has 2 aliphatic rings. The van der Waals surface area contributed by atoms with Gasteiger partial charge in [-0.25, -0.2) is 4.98 Å². The van der Waals surface area contributed by atoms with Gasteiger partial charge in [-0.3, -0.25) is 9.59 Å². The van der Waals surface area contributed by atoms with E-state index in [0.717, 1.165) is 18.4 Å². The lowest BCUT2D eigenvalue weighted by molar-refractivity contribution is 0.0390. The fourth-order valence-electron chi connectivity index (χ4n) is 4.10. The predicted molar refractivity (Wildman–Crippen MR) is 99.1 cm³/mol. The van der Waals surface area contributed by atoms with Gasteiger partial charge in [-0.1, -0.05) is 11.6 Å². The second-order valence-electron chi connectivity index (χ2n) is 7.58. The van der Waals surface area contributed by atoms with Gasteiger partial charge in [0.15, 0.2) is 11.7 Å². The first-order valence-corrected chi connectivity index (χ1v) is 9.46. The number of oxazole rings is 1. The maximum absolute atomic E-state index is 12.8. The minimum atomic E-state index is -0.194. The van der Waals surface area contributed by atoms with Crippen molar-refractivity contribution in [1.82, 2.24) is 9.88 Å². The third kappa shape index (κ3) is 3.36. The standard InChI is InChI=1S/C21H24N2O4/c1-12-6-7-18-16(9-12)17(24)10-19(27-18)15-5-4-8-23(11-15)21(25)20-13(2)22-14(3)26-20/h6-7,9,15,19H,4-5,8,10-11H2,1-3H3/t15-,19+/m1/s1. The fourth-order valence-corrected chi connectivity index (χ4v) is 4.10. The minimum Gasteiger partial charge on any atom is -0.489 e. The number of ketones is 1. The maximum atomic E-state index is 12.8. The van der Waals surface area contributed by atoms with Gasteiger partial charge < -0.3 is 14.1 Å². The molecule has 2 aliphatic heterocycles. The summed E-state index contributed by atoms with van der Waals surface area (Å²) in [6, 6.07) is 5.72. The number of carbonyl (C=O) groups excluding carboxylic acids is 2. The highest BCUT2D eigenvalue weighted by atomic mass is 16.5. The molecule has 0 saturated carbocycles. The second kappa shape index (κ2) is 6.83. The lowest BCUT2D eigenvalue weighted by atomic mass is 9.86. The second-order valence-corrected chi connectivity index (χ2v) is 7.58. The van der Waals surface area contributed by atoms with Gasteiger partial charge in [0.2, 0.25) is 5.76 Å². The van der Waals surface area contributed by atoms with Crippen LogP contribution in [0.4, 0.5) is 0 Å². The monoisotopic (exact) mass is 368 g/mol. The zero-order chi connectivity index (χ0) is 19.1. The van der Waals surface area contributed by atoms with E-state index in [0.29, 0.717) is 48.2 Å². The Hall–Kier alpha value is -2.63. The number of nitrogens with zero attached hydrogens (tertiary/aromatic N) is 2. The maximum Gasteiger partial charge on any atom is 0.291 e. The molecule has 2 atom stereocenters. The van der Waals surface area contributed by atoms with Crippen LogP contribution in [-0.2, 0) is 0 Å². The van der Waals surface area contributed by atoms with Crippen LogP contribution in [0.2, 0.25) is 0 Å². The highest BCUT2D eigenvalue weighted by Crippen LogP contribution is 2.34. The van der Waals surface area contributed by atoms with Crippen LogP contribution in [0.3, 0.4) is 0 Å². The van der Waals surface area contributed by atoms with E-state index in [9.17, 15) is 9.59 Å². The molecule has 27 heavy (non-hydrogen) atoms. The molecule has 1 aromatic heterocycles. The Morgan fingerprint density at radius 3 is 2.81 bits per heavy atom. The van der Waals surface area contributed by atoms with Gasteiger partial charge in [-0.15, -0.1) is 0 Å². The van der Waals surface area contributed by atoms with E-state index < -0.39 is 0 Å². The molecule has 1 aromatic carbocycles. The van der Waals surface area contributed by atoms with Crippen LogP contribution in [-0.4, -0.2) is 40.8 Å². The molecule has 3 heterocycles. The molecule has 0 bridgehead atoms. The van der Waals surface area contributed by atoms with E-state index >= 15 is 0 Å². The lowest BCUT2D eigenvalue weighted by Gasteiger charge is -2.38. The van der Waals surface area contributed by atoms with E-state index in [1.165, 1.54) is 0 Å². The zero-order valence-corrected chi connectivity index (χ0v) is 15.9. The SMILES string of the molecule is Cc1ccc2c(c1)C(=O)C[C@@H]([C@@H]1CCCN(C(=O)c3oc(C)nc3C)C1)O2. The first-order valence-electron chi connectivity index (χ1n) is 9.46. The first-order chi connectivity index (χ1) is 12.9. The number of piperidine rings is 1. The third-order valence-corrected chi connectivity index (χ3v) is 5.47. The zero-order valence-electron chi connectivity index (χ0n) is 15.9. The van der Waals surface area contributed by atoms with Crippen molar-refractivity contribution in [3.8, 4) is 5.75 Å². The van der Waals surface area contributed by atoms with E-state index in [1.807, 2.05) is 25.1 Å². The van der Waals surface area contributed by atoms with Gasteiger partial charge in [0.05, 0.1) is 11.3 Å². The van der Waals surface area contributed by atoms with E-state index in [1.54, 1.807) is 18.7 Å². The van der Waals surface area contributed by atoms with Gasteiger partial charge in [-0.05, 0) is 38.8 Å². The molecule has 0 unspecified atom stereocenters. The highest BCUT2D eigenvalue weighted by Gasteiger charge is 2.37. The van der Waals surface area contributed by atoms with E-state index in [-0.39, 0.29) is 23.7 Å². The Kier molecular flexibility index (Phi) is 4.50. The van der Waals surface area contributed by atoms with E-state index in [4.69, 9.17) is 9.15 Å². The average molecular weight is 368 g/mol. The minimum absolute atomic E-state index is 0.120. The van der Waals surface area contributed by atoms with Crippen molar-refractivity contribution in [3.05, 3.63) is 46.7 Å². The molecule has 0 radical (unpaired) electrons. The Labute approximate surface area is 158 Å². The molecule has 142 valence electrons. The molecular formula is C21H24N2O4. The van der Waals surface area contributed by atoms with Crippen LogP contribution in [0.5, 0.6) is 5.75 Å². The molecule has 1 amide bonds. The molecule has 4 rings (SSSR count). The van der Waals surface area contributed by atoms with Crippen molar-refractivity contribution in [2.75, 3.05) is 13.1 Å². The smallest absolute Gasteiger partial charge is 0.291 e. The molecule has 2 aromatic rings. The molecule has 6 nitrogen and oxygen atoms in total. The summed E-state index contributed by atoms with van der Waals surface area (Å²) in [5, 5.41) is 0. The topological polar surface area (TPSA) is 72.6 Å². The first kappa shape index (κ1) is 17.8. The van der Waals surface area contributed by atoms with Crippen LogP contribution < -0.4 is 4.74 Å². The van der Waals surface area contributed by atoms with Crippen molar-refractivity contribution >= 4 is 11.7 Å². The summed E-state index contributed by atoms with van der Waals surface area (Å²) < 4.78 is 11.7. The molecule has 6 heteroatoms. The number of aromatic nitrogens is 1. The van der Waals surface area contributed by atoms with Gasteiger partial charge in [0.25, 0.3) is 5.91 Å². The summed E-state index contributed by atoms with van der Waals surface area (Å²) >= 11 is 0. The number of ether oxygens (including phenoxy) is 1. The van der Waals surface area contributed by atoms with Crippen molar-refractivity contribution in [3.63, 3.8) is 0 Å². The quantitative estimate of drug-likeness (QED) is 0.811. The van der Waals surface area contributed by atoms with E-state index in [2.05, 4.69) is 4.98 Å². The van der Waals surface area contributed by atoms with Crippen molar-refractivity contribution in [2.45, 2.75) is 46.1 Å². The highest BCUT2D eigenvalue weighted by molar-refractivity contribution is 6.00. The van der Waals surface area contributed by atoms with Crippen molar-refractivity contribution < 1.29 is 18.7 Å². The van der Waals surface area contributed by atoms with Gasteiger partial charge in [0, 0.05) is 32.4 Å². The molecule has 1 saturated heterocycles. The Morgan fingerprint density at radius 2 is 2.07 bits per heavy atom. The summed E-state index contributed by atoms with van der Waals surface area (Å²) in [5.74, 6) is 1.59. The lowest BCUT2D eigenvalue weighted by Crippen LogP contribution is -2.46. The molecule has 0 spiro atoms. The van der Waals surface area contributed by atoms with Crippen LogP contribution in [0.15, 0.2) is 22.6 Å². The Bertz CT molecular complexity index is 902. The Morgan fingerprint density at radius 1 is 1.26 bits per heavy atom. The number of fused-ring (bicyclic) bond motifs is 1. The van der Waals surface area contributed by atoms with Crippen LogP contribution in [0.25, 0.3) is 0 Å². The Balaban J connectivity index is 1.50. The number of hydrogen-bond donors (Lipinski definition) is 0. The molecule has 0 aliphatic carbocycles. The number of benzene rings is 1. The summed E-state index contributed by atoms with van der Waals surface area (Å²) in [6.07, 6.45) is 2.00. The largest absolute Gasteiger partial charge is 0.489 e. The summed E-state index contributed by atoms with van der Waals surface area (Å²) in [4.78, 5) is 31.4. The summed E-state index contributed by atoms with van der Waals surface area (Å²) in [5.41, 5.74) is 2.34. The van der Waals surface area contributed by atoms with Gasteiger partial charge in [0.1, 0.15) is 11.9 Å². The van der Waals surface area contributed by atoms with Gasteiger partial charge >= 0.3 is 0 Å². The average Bonchev–Trinajstić information content (AvgIpc) is 3.00. The number of amides is 1. The number of likely N-dealkylation sites (tertiary alicyclic amines) is 1. The molecular weight excluding hydrogens is 344 g/mol. The summed E-state index contributed by atoms with van der Waals surface area (Å²) in [6.45, 7) is 6.75. The number of Topliss-reactive ketones (excluding diaryl/α,β-unsaturated/α-hetero) is 1. The predicted octanol–water partition coefficient (Wildman–Crippen LogP) is 3.49. The number of rotatable bonds is 2. The van der Waals surface area contributed by atoms with Crippen LogP contribution in [0.1, 0.15) is 57.3 Å². The fraction of sp³-hybridized carbons (Fsp3) is 0.476. The number of carbonyl (C=O) groups is 2. The van der Waals surface area contributed by atoms with Crippen molar-refractivity contribution in [2.24, 2.45) is 5.92 Å². The molecule has 0 N–H and O–H groups in total. The normalized spacial score (nSPS) is 22.3. The third-order valence-electron chi connectivity index (χ3n) is 5.47. The number of aryl methyl sites for hydroxylation is 3. The summed E-state index contributed by atoms with van der Waals surface area (Å²) in [7, 11) is 0. The molecule has 1 fully saturated rings. The van der Waals surface area contributed by atoms with Crippen molar-refractivity contribution in [1.29, 1.82) is 0 Å². The van der Waals surface area contributed by atoms with Crippen LogP contribution >= 0.6 is 0 Å². The van der Waals surface area contributed by atoms with Crippen LogP contribution in [0, 0.1) is 26.7 Å².